The van der Waals surface area contributed by atoms with E-state index in [0.29, 0.717) is 5.56 Å². The van der Waals surface area contributed by atoms with Gasteiger partial charge in [0.05, 0.1) is 0 Å². The van der Waals surface area contributed by atoms with E-state index in [1.807, 2.05) is 36.4 Å². The van der Waals surface area contributed by atoms with Crippen molar-refractivity contribution < 1.29 is 24.2 Å². The summed E-state index contributed by atoms with van der Waals surface area (Å²) in [6, 6.07) is 22.9. The van der Waals surface area contributed by atoms with Gasteiger partial charge in [-0.2, -0.15) is 0 Å². The van der Waals surface area contributed by atoms with Crippen molar-refractivity contribution in [3.8, 4) is 11.1 Å². The lowest BCUT2D eigenvalue weighted by Gasteiger charge is -2.19. The predicted molar refractivity (Wildman–Crippen MR) is 127 cm³/mol. The Bertz CT molecular complexity index is 1150. The normalized spacial score (nSPS) is 13.8. The SMILES string of the molecule is C[C@@H](CC(=O)N[C@@H](C(=O)O)c1ccccc1)NC(=O)OCC1c2ccccc2-c2ccccc21. The van der Waals surface area contributed by atoms with Crippen molar-refractivity contribution in [2.75, 3.05) is 6.61 Å². The lowest BCUT2D eigenvalue weighted by atomic mass is 9.98. The number of carbonyl (C=O) groups excluding carboxylic acids is 2. The van der Waals surface area contributed by atoms with Gasteiger partial charge in [-0.25, -0.2) is 9.59 Å². The average molecular weight is 459 g/mol. The largest absolute Gasteiger partial charge is 0.479 e. The van der Waals surface area contributed by atoms with Crippen molar-refractivity contribution in [1.29, 1.82) is 0 Å². The first-order valence-electron chi connectivity index (χ1n) is 11.1. The molecule has 0 heterocycles. The van der Waals surface area contributed by atoms with Gasteiger partial charge in [0.1, 0.15) is 6.61 Å². The van der Waals surface area contributed by atoms with Crippen molar-refractivity contribution >= 4 is 18.0 Å². The number of carboxylic acids is 1. The highest BCUT2D eigenvalue weighted by molar-refractivity contribution is 5.85. The van der Waals surface area contributed by atoms with E-state index in [1.165, 1.54) is 0 Å². The number of nitrogens with one attached hydrogen (secondary N) is 2. The van der Waals surface area contributed by atoms with Gasteiger partial charge in [0, 0.05) is 18.4 Å². The molecule has 0 saturated heterocycles. The van der Waals surface area contributed by atoms with E-state index >= 15 is 0 Å². The molecule has 0 spiro atoms. The molecule has 0 aliphatic heterocycles. The highest BCUT2D eigenvalue weighted by Gasteiger charge is 2.29. The Morgan fingerprint density at radius 1 is 0.853 bits per heavy atom. The third kappa shape index (κ3) is 5.09. The number of hydrogen-bond acceptors (Lipinski definition) is 4. The third-order valence-corrected chi connectivity index (χ3v) is 5.88. The number of amides is 2. The zero-order valence-electron chi connectivity index (χ0n) is 18.7. The number of carboxylic acid groups (broad SMARTS) is 1. The first-order valence-corrected chi connectivity index (χ1v) is 11.1. The number of carbonyl (C=O) groups is 3. The Labute approximate surface area is 197 Å². The second-order valence-corrected chi connectivity index (χ2v) is 8.32. The summed E-state index contributed by atoms with van der Waals surface area (Å²) in [6.45, 7) is 1.84. The van der Waals surface area contributed by atoms with Crippen molar-refractivity contribution in [3.63, 3.8) is 0 Å². The fraction of sp³-hybridized carbons (Fsp3) is 0.222. The molecule has 0 unspecified atom stereocenters. The molecule has 7 heteroatoms. The molecule has 1 aliphatic carbocycles. The van der Waals surface area contributed by atoms with Crippen LogP contribution in [0.3, 0.4) is 0 Å². The average Bonchev–Trinajstić information content (AvgIpc) is 3.15. The molecule has 0 saturated carbocycles. The number of aliphatic carboxylic acids is 1. The van der Waals surface area contributed by atoms with Crippen LogP contribution in [0.1, 0.15) is 42.0 Å². The van der Waals surface area contributed by atoms with E-state index in [0.717, 1.165) is 22.3 Å². The molecule has 2 amide bonds. The van der Waals surface area contributed by atoms with Gasteiger partial charge >= 0.3 is 12.1 Å². The number of alkyl carbamates (subject to hydrolysis) is 1. The second kappa shape index (κ2) is 10.2. The Morgan fingerprint density at radius 2 is 1.41 bits per heavy atom. The Kier molecular flexibility index (Phi) is 6.92. The van der Waals surface area contributed by atoms with Gasteiger partial charge in [-0.1, -0.05) is 78.9 Å². The number of rotatable bonds is 8. The minimum atomic E-state index is -1.16. The fourth-order valence-corrected chi connectivity index (χ4v) is 4.32. The standard InChI is InChI=1S/C27H26N2O5/c1-17(15-24(30)29-25(26(31)32)18-9-3-2-4-10-18)28-27(33)34-16-23-21-13-7-5-11-19(21)20-12-6-8-14-22(20)23/h2-14,17,23,25H,15-16H2,1H3,(H,28,33)(H,29,30)(H,31,32)/t17-,25+/m0/s1. The van der Waals surface area contributed by atoms with Crippen LogP contribution in [-0.4, -0.2) is 35.7 Å². The molecule has 34 heavy (non-hydrogen) atoms. The molecule has 7 nitrogen and oxygen atoms in total. The van der Waals surface area contributed by atoms with Crippen LogP contribution in [0, 0.1) is 0 Å². The van der Waals surface area contributed by atoms with Crippen LogP contribution < -0.4 is 10.6 Å². The molecule has 2 atom stereocenters. The van der Waals surface area contributed by atoms with Crippen LogP contribution in [0.5, 0.6) is 0 Å². The summed E-state index contributed by atoms with van der Waals surface area (Å²) in [5.74, 6) is -1.70. The molecule has 3 aromatic rings. The van der Waals surface area contributed by atoms with Gasteiger partial charge in [0.2, 0.25) is 5.91 Å². The summed E-state index contributed by atoms with van der Waals surface area (Å²) in [7, 11) is 0. The van der Waals surface area contributed by atoms with Crippen molar-refractivity contribution in [3.05, 3.63) is 95.6 Å². The van der Waals surface area contributed by atoms with Gasteiger partial charge in [0.15, 0.2) is 6.04 Å². The van der Waals surface area contributed by atoms with Gasteiger partial charge in [0.25, 0.3) is 0 Å². The van der Waals surface area contributed by atoms with E-state index in [4.69, 9.17) is 4.74 Å². The van der Waals surface area contributed by atoms with E-state index < -0.39 is 30.1 Å². The van der Waals surface area contributed by atoms with Crippen LogP contribution in [0.2, 0.25) is 0 Å². The number of benzene rings is 3. The van der Waals surface area contributed by atoms with Crippen molar-refractivity contribution in [1.82, 2.24) is 10.6 Å². The zero-order valence-corrected chi connectivity index (χ0v) is 18.7. The number of ether oxygens (including phenoxy) is 1. The third-order valence-electron chi connectivity index (χ3n) is 5.88. The maximum atomic E-state index is 12.4. The number of fused-ring (bicyclic) bond motifs is 3. The topological polar surface area (TPSA) is 105 Å². The predicted octanol–water partition coefficient (Wildman–Crippen LogP) is 4.25. The zero-order chi connectivity index (χ0) is 24.1. The molecule has 1 aliphatic rings. The lowest BCUT2D eigenvalue weighted by Crippen LogP contribution is -2.40. The lowest BCUT2D eigenvalue weighted by molar-refractivity contribution is -0.142. The molecule has 3 N–H and O–H groups in total. The summed E-state index contributed by atoms with van der Waals surface area (Å²) >= 11 is 0. The maximum absolute atomic E-state index is 12.4. The van der Waals surface area contributed by atoms with Crippen molar-refractivity contribution in [2.24, 2.45) is 0 Å². The second-order valence-electron chi connectivity index (χ2n) is 8.32. The van der Waals surface area contributed by atoms with E-state index in [-0.39, 0.29) is 18.9 Å². The summed E-state index contributed by atoms with van der Waals surface area (Å²) in [5, 5.41) is 14.6. The minimum absolute atomic E-state index is 0.0565. The Morgan fingerprint density at radius 3 is 2.00 bits per heavy atom. The van der Waals surface area contributed by atoms with Crippen LogP contribution in [0.25, 0.3) is 11.1 Å². The van der Waals surface area contributed by atoms with E-state index in [9.17, 15) is 19.5 Å². The van der Waals surface area contributed by atoms with Crippen LogP contribution in [-0.2, 0) is 14.3 Å². The fourth-order valence-electron chi connectivity index (χ4n) is 4.32. The molecule has 0 fully saturated rings. The van der Waals surface area contributed by atoms with Gasteiger partial charge in [-0.15, -0.1) is 0 Å². The smallest absolute Gasteiger partial charge is 0.407 e. The van der Waals surface area contributed by atoms with Crippen LogP contribution in [0.15, 0.2) is 78.9 Å². The summed E-state index contributed by atoms with van der Waals surface area (Å²) in [6.07, 6.45) is -0.708. The summed E-state index contributed by atoms with van der Waals surface area (Å²) in [4.78, 5) is 36.4. The molecule has 174 valence electrons. The first kappa shape index (κ1) is 23.0. The van der Waals surface area contributed by atoms with Gasteiger partial charge < -0.3 is 20.5 Å². The quantitative estimate of drug-likeness (QED) is 0.468. The van der Waals surface area contributed by atoms with E-state index in [2.05, 4.69) is 22.8 Å². The molecule has 3 aromatic carbocycles. The first-order chi connectivity index (χ1) is 16.4. The molecule has 0 radical (unpaired) electrons. The van der Waals surface area contributed by atoms with E-state index in [1.54, 1.807) is 37.3 Å². The Balaban J connectivity index is 1.31. The molecular weight excluding hydrogens is 432 g/mol. The monoisotopic (exact) mass is 458 g/mol. The molecule has 0 bridgehead atoms. The Hall–Kier alpha value is -4.13. The molecular formula is C27H26N2O5. The highest BCUT2D eigenvalue weighted by Crippen LogP contribution is 2.44. The van der Waals surface area contributed by atoms with Gasteiger partial charge in [-0.05, 0) is 34.7 Å². The van der Waals surface area contributed by atoms with Gasteiger partial charge in [-0.3, -0.25) is 4.79 Å². The maximum Gasteiger partial charge on any atom is 0.407 e. The van der Waals surface area contributed by atoms with Crippen molar-refractivity contribution in [2.45, 2.75) is 31.3 Å². The van der Waals surface area contributed by atoms with Crippen LogP contribution in [0.4, 0.5) is 4.79 Å². The summed E-state index contributed by atoms with van der Waals surface area (Å²) < 4.78 is 5.50. The molecule has 4 rings (SSSR count). The number of hydrogen-bond donors (Lipinski definition) is 3. The highest BCUT2D eigenvalue weighted by atomic mass is 16.5. The molecule has 0 aromatic heterocycles. The minimum Gasteiger partial charge on any atom is -0.479 e. The summed E-state index contributed by atoms with van der Waals surface area (Å²) in [5.41, 5.74) is 4.99. The van der Waals surface area contributed by atoms with Crippen LogP contribution >= 0.6 is 0 Å².